The third-order valence-corrected chi connectivity index (χ3v) is 4.51. The number of aliphatic hydroxyl groups is 1. The average molecular weight is 330 g/mol. The largest absolute Gasteiger partial charge is 1.00 e. The molecule has 1 saturated heterocycles. The number of hydrogen-bond acceptors (Lipinski definition) is 4. The third kappa shape index (κ3) is 7.74. The molecule has 6 heteroatoms. The van der Waals surface area contributed by atoms with E-state index in [0.29, 0.717) is 13.2 Å². The summed E-state index contributed by atoms with van der Waals surface area (Å²) < 4.78 is 5.97. The van der Waals surface area contributed by atoms with E-state index in [4.69, 9.17) is 10.5 Å². The van der Waals surface area contributed by atoms with Gasteiger partial charge in [0.05, 0.1) is 12.7 Å². The molecule has 2 rings (SSSR count). The van der Waals surface area contributed by atoms with Gasteiger partial charge in [0, 0.05) is 13.2 Å². The maximum Gasteiger partial charge on any atom is 1.00 e. The Morgan fingerprint density at radius 1 is 1.26 bits per heavy atom. The van der Waals surface area contributed by atoms with E-state index in [0.717, 1.165) is 38.8 Å². The van der Waals surface area contributed by atoms with E-state index in [1.807, 2.05) is 18.2 Å². The fourth-order valence-corrected chi connectivity index (χ4v) is 3.07. The van der Waals surface area contributed by atoms with E-state index in [1.54, 1.807) is 0 Å². The van der Waals surface area contributed by atoms with Gasteiger partial charge >= 0.3 is 18.9 Å². The van der Waals surface area contributed by atoms with Gasteiger partial charge in [0.15, 0.2) is 17.4 Å². The normalized spacial score (nSPS) is 17.7. The first kappa shape index (κ1) is 23.2. The van der Waals surface area contributed by atoms with Crippen molar-refractivity contribution < 1.29 is 30.1 Å². The Kier molecular flexibility index (Phi) is 12.6. The molecule has 1 unspecified atom stereocenters. The van der Waals surface area contributed by atoms with Gasteiger partial charge in [-0.05, 0) is 49.8 Å². The second-order valence-electron chi connectivity index (χ2n) is 6.08. The molecule has 1 aromatic carbocycles. The van der Waals surface area contributed by atoms with Gasteiger partial charge in [-0.3, -0.25) is 0 Å². The third-order valence-electron chi connectivity index (χ3n) is 4.51. The summed E-state index contributed by atoms with van der Waals surface area (Å²) in [5.74, 6) is 0. The number of rotatable bonds is 8. The molecule has 0 spiro atoms. The summed E-state index contributed by atoms with van der Waals surface area (Å²) in [7, 11) is 0. The summed E-state index contributed by atoms with van der Waals surface area (Å²) in [6.07, 6.45) is 3.81. The molecule has 0 amide bonds. The Morgan fingerprint density at radius 2 is 1.91 bits per heavy atom. The Morgan fingerprint density at radius 3 is 2.48 bits per heavy atom. The Labute approximate surface area is 164 Å². The SMILES string of the molecule is NCC(CC1(CO)CCNCC1)OCCc1ccccc1.[AlH3].[H-].[Li+]. The summed E-state index contributed by atoms with van der Waals surface area (Å²) in [5, 5.41) is 13.1. The van der Waals surface area contributed by atoms with Crippen molar-refractivity contribution in [3.8, 4) is 0 Å². The number of hydrogen-bond donors (Lipinski definition) is 3. The fraction of sp³-hybridized carbons (Fsp3) is 0.647. The number of aliphatic hydroxyl groups excluding tert-OH is 1. The molecule has 1 atom stereocenters. The zero-order valence-corrected chi connectivity index (χ0v) is 13.8. The molecule has 1 heterocycles. The van der Waals surface area contributed by atoms with Crippen LogP contribution in [0.3, 0.4) is 0 Å². The zero-order valence-electron chi connectivity index (χ0n) is 14.8. The van der Waals surface area contributed by atoms with Gasteiger partial charge in [0.25, 0.3) is 0 Å². The first-order valence-corrected chi connectivity index (χ1v) is 7.95. The minimum Gasteiger partial charge on any atom is -1.00 e. The van der Waals surface area contributed by atoms with Crippen LogP contribution in [0.2, 0.25) is 0 Å². The van der Waals surface area contributed by atoms with Gasteiger partial charge in [-0.15, -0.1) is 0 Å². The first-order chi connectivity index (χ1) is 10.3. The van der Waals surface area contributed by atoms with Crippen LogP contribution in [0.4, 0.5) is 0 Å². The summed E-state index contributed by atoms with van der Waals surface area (Å²) >= 11 is 0. The summed E-state index contributed by atoms with van der Waals surface area (Å²) in [5.41, 5.74) is 7.13. The van der Waals surface area contributed by atoms with Crippen LogP contribution in [0, 0.1) is 5.41 Å². The van der Waals surface area contributed by atoms with E-state index in [2.05, 4.69) is 17.4 Å². The molecule has 1 aliphatic heterocycles. The maximum atomic E-state index is 9.77. The molecule has 0 saturated carbocycles. The number of piperidine rings is 1. The van der Waals surface area contributed by atoms with E-state index >= 15 is 0 Å². The predicted octanol–water partition coefficient (Wildman–Crippen LogP) is -2.74. The molecule has 1 aliphatic rings. The van der Waals surface area contributed by atoms with Crippen LogP contribution in [0.25, 0.3) is 0 Å². The zero-order chi connectivity index (χ0) is 15.0. The molecule has 0 bridgehead atoms. The van der Waals surface area contributed by atoms with Crippen molar-refractivity contribution in [1.29, 1.82) is 0 Å². The number of ether oxygens (including phenoxy) is 1. The van der Waals surface area contributed by atoms with Crippen LogP contribution in [-0.4, -0.2) is 61.4 Å². The molecule has 0 radical (unpaired) electrons. The van der Waals surface area contributed by atoms with Crippen molar-refractivity contribution in [2.75, 3.05) is 32.8 Å². The Hall–Kier alpha value is 0.190. The van der Waals surface area contributed by atoms with E-state index in [9.17, 15) is 5.11 Å². The standard InChI is InChI=1S/C17H28N2O2.Al.Li.4H/c18-13-16(12-17(14-20)7-9-19-10-8-17)21-11-6-15-4-2-1-3-5-15;;;;;;/h1-5,16,19-20H,6-14,18H2;;;;;;/q;;+1;;;;-1. The van der Waals surface area contributed by atoms with E-state index in [1.165, 1.54) is 5.56 Å². The van der Waals surface area contributed by atoms with Gasteiger partial charge in [-0.25, -0.2) is 0 Å². The number of nitrogens with one attached hydrogen (secondary N) is 1. The van der Waals surface area contributed by atoms with Crippen LogP contribution in [-0.2, 0) is 11.2 Å². The van der Waals surface area contributed by atoms with Crippen molar-refractivity contribution in [3.05, 3.63) is 35.9 Å². The minimum atomic E-state index is -0.0119. The quantitative estimate of drug-likeness (QED) is 0.453. The van der Waals surface area contributed by atoms with Crippen molar-refractivity contribution in [2.45, 2.75) is 31.8 Å². The molecule has 4 nitrogen and oxygen atoms in total. The fourth-order valence-electron chi connectivity index (χ4n) is 3.07. The predicted molar refractivity (Wildman–Crippen MR) is 96.2 cm³/mol. The van der Waals surface area contributed by atoms with Gasteiger partial charge < -0.3 is 22.3 Å². The van der Waals surface area contributed by atoms with Crippen molar-refractivity contribution in [1.82, 2.24) is 5.32 Å². The van der Waals surface area contributed by atoms with Crippen molar-refractivity contribution in [3.63, 3.8) is 0 Å². The Bertz CT molecular complexity index is 409. The molecule has 1 fully saturated rings. The van der Waals surface area contributed by atoms with Gasteiger partial charge in [-0.1, -0.05) is 30.3 Å². The maximum absolute atomic E-state index is 9.77. The molecule has 23 heavy (non-hydrogen) atoms. The average Bonchev–Trinajstić information content (AvgIpc) is 2.56. The smallest absolute Gasteiger partial charge is 1.00 e. The van der Waals surface area contributed by atoms with E-state index in [-0.39, 0.29) is 55.8 Å². The summed E-state index contributed by atoms with van der Waals surface area (Å²) in [6.45, 7) is 3.38. The first-order valence-electron chi connectivity index (χ1n) is 7.95. The van der Waals surface area contributed by atoms with Gasteiger partial charge in [-0.2, -0.15) is 0 Å². The number of nitrogens with two attached hydrogens (primary N) is 1. The molecule has 4 N–H and O–H groups in total. The second-order valence-corrected chi connectivity index (χ2v) is 6.08. The monoisotopic (exact) mass is 330 g/mol. The van der Waals surface area contributed by atoms with Crippen molar-refractivity contribution >= 4 is 17.4 Å². The minimum absolute atomic E-state index is 0. The van der Waals surface area contributed by atoms with E-state index < -0.39 is 0 Å². The van der Waals surface area contributed by atoms with Crippen LogP contribution < -0.4 is 29.9 Å². The van der Waals surface area contributed by atoms with Crippen LogP contribution in [0.1, 0.15) is 26.3 Å². The van der Waals surface area contributed by atoms with Crippen LogP contribution >= 0.6 is 0 Å². The summed E-state index contributed by atoms with van der Waals surface area (Å²) in [6, 6.07) is 10.3. The topological polar surface area (TPSA) is 67.5 Å². The van der Waals surface area contributed by atoms with Crippen LogP contribution in [0.5, 0.6) is 0 Å². The molecule has 0 aliphatic carbocycles. The second kappa shape index (κ2) is 12.5. The number of benzene rings is 1. The molecule has 0 aromatic heterocycles. The van der Waals surface area contributed by atoms with Gasteiger partial charge in [0.1, 0.15) is 0 Å². The van der Waals surface area contributed by atoms with Gasteiger partial charge in [0.2, 0.25) is 0 Å². The molecular formula is C17H32AlLiN2O2. The molecule has 1 aromatic rings. The Balaban J connectivity index is 0. The summed E-state index contributed by atoms with van der Waals surface area (Å²) in [4.78, 5) is 0. The molecular weight excluding hydrogens is 298 g/mol. The molecule has 126 valence electrons. The van der Waals surface area contributed by atoms with Crippen molar-refractivity contribution in [2.24, 2.45) is 11.1 Å². The van der Waals surface area contributed by atoms with Crippen LogP contribution in [0.15, 0.2) is 30.3 Å².